The van der Waals surface area contributed by atoms with E-state index < -0.39 is 18.4 Å². The Hall–Kier alpha value is -5.46. The Bertz CT molecular complexity index is 2530. The molecule has 2 N–H and O–H groups in total. The molecule has 0 bridgehead atoms. The number of aryl methyl sites for hydroxylation is 4. The van der Waals surface area contributed by atoms with E-state index in [1.807, 2.05) is 18.2 Å². The van der Waals surface area contributed by atoms with Crippen molar-refractivity contribution in [2.45, 2.75) is 54.1 Å². The third-order valence-electron chi connectivity index (χ3n) is 12.7. The molecule has 26 nitrogen and oxygen atoms in total. The van der Waals surface area contributed by atoms with Gasteiger partial charge in [-0.05, 0) is 68.7 Å². The summed E-state index contributed by atoms with van der Waals surface area (Å²) in [6.45, 7) is 22.7. The number of nitrogens with zero attached hydrogens (tertiary/aromatic N) is 1. The summed E-state index contributed by atoms with van der Waals surface area (Å²) in [5.41, 5.74) is 7.38. The van der Waals surface area contributed by atoms with Crippen molar-refractivity contribution in [1.29, 1.82) is 0 Å². The van der Waals surface area contributed by atoms with E-state index in [1.165, 1.54) is 24.9 Å². The highest BCUT2D eigenvalue weighted by molar-refractivity contribution is 7.57. The van der Waals surface area contributed by atoms with Crippen LogP contribution in [-0.4, -0.2) is 233 Å². The number of carbonyl (C=O) groups is 1. The Morgan fingerprint density at radius 2 is 0.688 bits per heavy atom. The number of amides is 1. The summed E-state index contributed by atoms with van der Waals surface area (Å²) in [5.74, 6) is 1.54. The van der Waals surface area contributed by atoms with Gasteiger partial charge in [0.05, 0.1) is 209 Å². The average molecular weight is 1340 g/mol. The van der Waals surface area contributed by atoms with E-state index in [4.69, 9.17) is 90.0 Å². The molecule has 0 aliphatic heterocycles. The van der Waals surface area contributed by atoms with Crippen molar-refractivity contribution in [3.63, 3.8) is 0 Å². The average Bonchev–Trinajstić information content (AvgIpc) is 1.20. The van der Waals surface area contributed by atoms with Crippen LogP contribution in [0.25, 0.3) is 0 Å². The van der Waals surface area contributed by atoms with Gasteiger partial charge in [-0.1, -0.05) is 58.7 Å². The van der Waals surface area contributed by atoms with E-state index >= 15 is 0 Å². The van der Waals surface area contributed by atoms with Gasteiger partial charge in [-0.3, -0.25) is 14.7 Å². The Morgan fingerprint density at radius 3 is 1.00 bits per heavy atom. The topological polar surface area (TPSA) is 285 Å². The minimum absolute atomic E-state index is 0.0981. The highest BCUT2D eigenvalue weighted by atomic mass is 31.2. The minimum Gasteiger partial charge on any atom is -0.489 e. The summed E-state index contributed by atoms with van der Waals surface area (Å²) in [6.07, 6.45) is -0.616. The van der Waals surface area contributed by atoms with Crippen molar-refractivity contribution in [3.05, 3.63) is 127 Å². The first kappa shape index (κ1) is 80.0. The van der Waals surface area contributed by atoms with Crippen molar-refractivity contribution in [1.82, 2.24) is 5.32 Å². The number of rotatable bonds is 60. The van der Waals surface area contributed by atoms with Crippen LogP contribution in [-0.2, 0) is 107 Å². The van der Waals surface area contributed by atoms with E-state index in [0.29, 0.717) is 215 Å². The predicted octanol–water partition coefficient (Wildman–Crippen LogP) is 7.94. The second-order valence-corrected chi connectivity index (χ2v) is 23.7. The fourth-order valence-corrected chi connectivity index (χ4v) is 8.93. The largest absolute Gasteiger partial charge is 0.489 e. The molecule has 27 heteroatoms. The second-order valence-electron chi connectivity index (χ2n) is 21.2. The molecule has 0 saturated heterocycles. The number of nitro groups is 1. The third kappa shape index (κ3) is 43.3. The molecule has 524 valence electrons. The van der Waals surface area contributed by atoms with Gasteiger partial charge < -0.3 is 100 Å². The van der Waals surface area contributed by atoms with E-state index in [1.54, 1.807) is 0 Å². The van der Waals surface area contributed by atoms with E-state index in [0.717, 1.165) is 38.9 Å². The summed E-state index contributed by atoms with van der Waals surface area (Å²) in [7, 11) is -3.02. The van der Waals surface area contributed by atoms with Crippen LogP contribution in [0.5, 0.6) is 17.2 Å². The minimum atomic E-state index is -3.02. The highest BCUT2D eigenvalue weighted by Crippen LogP contribution is 2.34. The monoisotopic (exact) mass is 1340 g/mol. The standard InChI is InChI=1S/C66H101N2O24P/c1-54-40-55(2)43-58(42-54)50-90-63-46-60(47-64(49-63)91-51-59-44-56(3)41-57(4)45-59)52-89-62-6-7-65(68(70)71)61(48-62)53-92-66(69)67-8-9-74-10-11-75-12-13-76-14-15-77-16-17-78-18-19-79-20-21-80-22-23-81-24-25-82-26-27-83-28-29-84-30-31-85-32-33-86-34-35-87-36-37-88-38-39-93(5,72)73/h6-7,40-49H,8-39,50-53H2,1-5H3,(H,67,69)(H,72,73). The van der Waals surface area contributed by atoms with Crippen LogP contribution in [0.15, 0.2) is 72.8 Å². The fourth-order valence-electron chi connectivity index (χ4n) is 8.47. The van der Waals surface area contributed by atoms with Gasteiger partial charge in [-0.15, -0.1) is 0 Å². The summed E-state index contributed by atoms with van der Waals surface area (Å²) >= 11 is 0. The van der Waals surface area contributed by atoms with Gasteiger partial charge in [0.25, 0.3) is 5.69 Å². The predicted molar refractivity (Wildman–Crippen MR) is 345 cm³/mol. The van der Waals surface area contributed by atoms with Gasteiger partial charge in [0.15, 0.2) is 7.37 Å². The van der Waals surface area contributed by atoms with Crippen LogP contribution in [0, 0.1) is 37.8 Å². The molecule has 93 heavy (non-hydrogen) atoms. The zero-order valence-electron chi connectivity index (χ0n) is 55.1. The molecule has 4 aromatic carbocycles. The molecular formula is C66H101N2O24P. The van der Waals surface area contributed by atoms with Crippen LogP contribution in [0.1, 0.15) is 44.5 Å². The zero-order chi connectivity index (χ0) is 66.7. The first-order chi connectivity index (χ1) is 45.2. The lowest BCUT2D eigenvalue weighted by molar-refractivity contribution is -0.385. The lowest BCUT2D eigenvalue weighted by atomic mass is 10.1. The zero-order valence-corrected chi connectivity index (χ0v) is 56.0. The first-order valence-electron chi connectivity index (χ1n) is 31.5. The van der Waals surface area contributed by atoms with Crippen molar-refractivity contribution in [2.75, 3.05) is 218 Å². The second kappa shape index (κ2) is 51.8. The lowest BCUT2D eigenvalue weighted by Crippen LogP contribution is -2.28. The number of benzene rings is 4. The maximum Gasteiger partial charge on any atom is 0.407 e. The van der Waals surface area contributed by atoms with Gasteiger partial charge in [-0.2, -0.15) is 0 Å². The van der Waals surface area contributed by atoms with Crippen LogP contribution in [0.3, 0.4) is 0 Å². The molecule has 0 saturated carbocycles. The summed E-state index contributed by atoms with van der Waals surface area (Å²) in [5, 5.41) is 14.5. The third-order valence-corrected chi connectivity index (χ3v) is 13.7. The molecule has 0 fully saturated rings. The number of hydrogen-bond acceptors (Lipinski definition) is 23. The van der Waals surface area contributed by atoms with Crippen molar-refractivity contribution >= 4 is 19.1 Å². The van der Waals surface area contributed by atoms with Gasteiger partial charge in [0.1, 0.15) is 43.7 Å². The molecule has 4 rings (SSSR count). The first-order valence-corrected chi connectivity index (χ1v) is 33.8. The van der Waals surface area contributed by atoms with Crippen LogP contribution >= 0.6 is 7.37 Å². The summed E-state index contributed by atoms with van der Waals surface area (Å²) in [4.78, 5) is 33.1. The fraction of sp³-hybridized carbons (Fsp3) is 0.621. The number of nitrogens with one attached hydrogen (secondary N) is 1. The van der Waals surface area contributed by atoms with Crippen LogP contribution in [0.4, 0.5) is 10.5 Å². The molecule has 0 aliphatic carbocycles. The number of nitro benzene ring substituents is 1. The number of carbonyl (C=O) groups excluding carboxylic acids is 1. The number of alkyl carbamates (subject to hydrolysis) is 1. The van der Waals surface area contributed by atoms with Gasteiger partial charge in [0.2, 0.25) is 0 Å². The number of ether oxygens (including phenoxy) is 19. The maximum absolute atomic E-state index is 12.5. The van der Waals surface area contributed by atoms with Crippen LogP contribution in [0.2, 0.25) is 0 Å². The molecular weight excluding hydrogens is 1240 g/mol. The normalized spacial score (nSPS) is 12.1. The molecule has 0 radical (unpaired) electrons. The Balaban J connectivity index is 0.871. The smallest absolute Gasteiger partial charge is 0.407 e. The van der Waals surface area contributed by atoms with Crippen molar-refractivity contribution in [3.8, 4) is 17.2 Å². The van der Waals surface area contributed by atoms with E-state index in [9.17, 15) is 24.4 Å². The van der Waals surface area contributed by atoms with Gasteiger partial charge >= 0.3 is 6.09 Å². The molecule has 0 heterocycles. The van der Waals surface area contributed by atoms with E-state index in [2.05, 4.69) is 69.4 Å². The molecule has 1 atom stereocenters. The Labute approximate surface area is 548 Å². The molecule has 0 aromatic heterocycles. The van der Waals surface area contributed by atoms with Gasteiger partial charge in [0, 0.05) is 31.5 Å². The molecule has 1 amide bonds. The Kier molecular flexibility index (Phi) is 44.6. The quantitative estimate of drug-likeness (QED) is 0.0183. The van der Waals surface area contributed by atoms with E-state index in [-0.39, 0.29) is 50.4 Å². The van der Waals surface area contributed by atoms with Crippen molar-refractivity contribution in [2.24, 2.45) is 0 Å². The van der Waals surface area contributed by atoms with Crippen molar-refractivity contribution < 1.29 is 109 Å². The Morgan fingerprint density at radius 1 is 0.398 bits per heavy atom. The summed E-state index contributed by atoms with van der Waals surface area (Å²) < 4.78 is 117. The highest BCUT2D eigenvalue weighted by Gasteiger charge is 2.18. The molecule has 1 unspecified atom stereocenters. The lowest BCUT2D eigenvalue weighted by Gasteiger charge is -2.15. The van der Waals surface area contributed by atoms with Crippen LogP contribution < -0.4 is 19.5 Å². The molecule has 0 spiro atoms. The summed E-state index contributed by atoms with van der Waals surface area (Å²) in [6, 6.07) is 22.5. The van der Waals surface area contributed by atoms with Gasteiger partial charge in [-0.25, -0.2) is 4.79 Å². The molecule has 0 aliphatic rings. The SMILES string of the molecule is Cc1cc(C)cc(COc2cc(COc3ccc([N+](=O)[O-])c(COC(=O)NCCOCCOCCOCCOCCOCCOCCOCCOCCOCCOCCOCCOCCOCCOCCOCCP(C)(=O)O)c3)cc(OCc3cc(C)cc(C)c3)c2)c1. The maximum atomic E-state index is 12.5. The molecule has 4 aromatic rings. The number of hydrogen-bond donors (Lipinski definition) is 2.